The molecule has 1 fully saturated rings. The number of amides is 4. The quantitative estimate of drug-likeness (QED) is 0.697. The van der Waals surface area contributed by atoms with E-state index in [1.807, 2.05) is 31.2 Å². The number of hydrogen-bond donors (Lipinski definition) is 2. The molecule has 1 atom stereocenters. The smallest absolute Gasteiger partial charge is 0.325 e. The third-order valence-corrected chi connectivity index (χ3v) is 4.29. The molecule has 0 saturated carbocycles. The fourth-order valence-electron chi connectivity index (χ4n) is 2.71. The SMILES string of the molecule is CCCNC(=O)CN1C(=O)N[C@](C)(CCc2ccc(OC)cc2)C1=O. The van der Waals surface area contributed by atoms with E-state index in [1.165, 1.54) is 0 Å². The molecule has 1 aromatic rings. The molecule has 1 aliphatic heterocycles. The molecule has 136 valence electrons. The van der Waals surface area contributed by atoms with Gasteiger partial charge in [-0.1, -0.05) is 19.1 Å². The summed E-state index contributed by atoms with van der Waals surface area (Å²) in [5.74, 6) is 0.0758. The highest BCUT2D eigenvalue weighted by atomic mass is 16.5. The van der Waals surface area contributed by atoms with Gasteiger partial charge in [-0.05, 0) is 43.9 Å². The Morgan fingerprint density at radius 3 is 2.56 bits per heavy atom. The van der Waals surface area contributed by atoms with Gasteiger partial charge >= 0.3 is 6.03 Å². The Hall–Kier alpha value is -2.57. The van der Waals surface area contributed by atoms with Crippen LogP contribution in [0.1, 0.15) is 32.3 Å². The van der Waals surface area contributed by atoms with E-state index in [9.17, 15) is 14.4 Å². The molecule has 0 radical (unpaired) electrons. The Labute approximate surface area is 147 Å². The third-order valence-electron chi connectivity index (χ3n) is 4.29. The summed E-state index contributed by atoms with van der Waals surface area (Å²) in [6.45, 7) is 3.91. The number of hydrogen-bond acceptors (Lipinski definition) is 4. The summed E-state index contributed by atoms with van der Waals surface area (Å²) in [4.78, 5) is 37.5. The number of methoxy groups -OCH3 is 1. The van der Waals surface area contributed by atoms with Crippen LogP contribution in [-0.4, -0.2) is 48.5 Å². The second-order valence-electron chi connectivity index (χ2n) is 6.35. The zero-order valence-electron chi connectivity index (χ0n) is 14.9. The first-order valence-corrected chi connectivity index (χ1v) is 8.43. The average Bonchev–Trinajstić information content (AvgIpc) is 2.82. The summed E-state index contributed by atoms with van der Waals surface area (Å²) in [6.07, 6.45) is 1.88. The summed E-state index contributed by atoms with van der Waals surface area (Å²) in [6, 6.07) is 7.06. The zero-order valence-corrected chi connectivity index (χ0v) is 14.9. The molecule has 0 unspecified atom stereocenters. The van der Waals surface area contributed by atoms with Gasteiger partial charge in [-0.25, -0.2) is 4.79 Å². The molecule has 7 nitrogen and oxygen atoms in total. The fraction of sp³-hybridized carbons (Fsp3) is 0.500. The Morgan fingerprint density at radius 1 is 1.28 bits per heavy atom. The summed E-state index contributed by atoms with van der Waals surface area (Å²) >= 11 is 0. The van der Waals surface area contributed by atoms with Crippen LogP contribution in [0.25, 0.3) is 0 Å². The van der Waals surface area contributed by atoms with Crippen molar-refractivity contribution in [1.82, 2.24) is 15.5 Å². The van der Waals surface area contributed by atoms with Crippen molar-refractivity contribution in [3.63, 3.8) is 0 Å². The average molecular weight is 347 g/mol. The summed E-state index contributed by atoms with van der Waals surface area (Å²) in [7, 11) is 1.61. The highest BCUT2D eigenvalue weighted by Gasteiger charge is 2.47. The Bertz CT molecular complexity index is 644. The van der Waals surface area contributed by atoms with Crippen molar-refractivity contribution < 1.29 is 19.1 Å². The predicted molar refractivity (Wildman–Crippen MR) is 93.3 cm³/mol. The second-order valence-corrected chi connectivity index (χ2v) is 6.35. The minimum absolute atomic E-state index is 0.247. The van der Waals surface area contributed by atoms with Crippen molar-refractivity contribution in [3.8, 4) is 5.75 Å². The van der Waals surface area contributed by atoms with Crippen molar-refractivity contribution in [3.05, 3.63) is 29.8 Å². The lowest BCUT2D eigenvalue weighted by Gasteiger charge is -2.21. The van der Waals surface area contributed by atoms with Crippen molar-refractivity contribution in [1.29, 1.82) is 0 Å². The zero-order chi connectivity index (χ0) is 18.4. The third kappa shape index (κ3) is 4.49. The number of carbonyl (C=O) groups excluding carboxylic acids is 3. The fourth-order valence-corrected chi connectivity index (χ4v) is 2.71. The number of nitrogens with one attached hydrogen (secondary N) is 2. The highest BCUT2D eigenvalue weighted by Crippen LogP contribution is 2.23. The van der Waals surface area contributed by atoms with E-state index < -0.39 is 11.6 Å². The van der Waals surface area contributed by atoms with E-state index in [0.717, 1.165) is 22.6 Å². The van der Waals surface area contributed by atoms with Gasteiger partial charge in [0.05, 0.1) is 7.11 Å². The molecular weight excluding hydrogens is 322 g/mol. The molecule has 0 spiro atoms. The normalized spacial score (nSPS) is 19.7. The molecule has 0 bridgehead atoms. The van der Waals surface area contributed by atoms with Crippen LogP contribution in [-0.2, 0) is 16.0 Å². The highest BCUT2D eigenvalue weighted by molar-refractivity contribution is 6.08. The lowest BCUT2D eigenvalue weighted by molar-refractivity contribution is -0.134. The van der Waals surface area contributed by atoms with Crippen molar-refractivity contribution in [2.75, 3.05) is 20.2 Å². The lowest BCUT2D eigenvalue weighted by Crippen LogP contribution is -2.45. The van der Waals surface area contributed by atoms with Gasteiger partial charge in [0.15, 0.2) is 0 Å². The molecule has 0 aliphatic carbocycles. The summed E-state index contributed by atoms with van der Waals surface area (Å²) in [5.41, 5.74) is 0.0467. The van der Waals surface area contributed by atoms with Crippen LogP contribution in [0.15, 0.2) is 24.3 Å². The molecule has 1 aromatic carbocycles. The second kappa shape index (κ2) is 8.00. The first-order chi connectivity index (χ1) is 11.9. The molecule has 1 saturated heterocycles. The maximum atomic E-state index is 12.6. The van der Waals surface area contributed by atoms with Crippen LogP contribution in [0.4, 0.5) is 4.79 Å². The van der Waals surface area contributed by atoms with Crippen LogP contribution < -0.4 is 15.4 Å². The van der Waals surface area contributed by atoms with E-state index in [-0.39, 0.29) is 18.4 Å². The molecule has 1 heterocycles. The molecule has 2 rings (SSSR count). The number of carbonyl (C=O) groups is 3. The minimum Gasteiger partial charge on any atom is -0.497 e. The number of rotatable bonds is 8. The van der Waals surface area contributed by atoms with E-state index in [4.69, 9.17) is 4.74 Å². The van der Waals surface area contributed by atoms with Crippen LogP contribution in [0.5, 0.6) is 5.75 Å². The van der Waals surface area contributed by atoms with Crippen LogP contribution in [0.2, 0.25) is 0 Å². The summed E-state index contributed by atoms with van der Waals surface area (Å²) < 4.78 is 5.12. The van der Waals surface area contributed by atoms with Crippen LogP contribution in [0, 0.1) is 0 Å². The molecule has 25 heavy (non-hydrogen) atoms. The van der Waals surface area contributed by atoms with Gasteiger partial charge in [0, 0.05) is 6.54 Å². The van der Waals surface area contributed by atoms with Gasteiger partial charge in [-0.3, -0.25) is 14.5 Å². The monoisotopic (exact) mass is 347 g/mol. The number of nitrogens with zero attached hydrogens (tertiary/aromatic N) is 1. The van der Waals surface area contributed by atoms with Gasteiger partial charge in [0.25, 0.3) is 5.91 Å². The maximum absolute atomic E-state index is 12.6. The van der Waals surface area contributed by atoms with Crippen molar-refractivity contribution in [2.24, 2.45) is 0 Å². The number of urea groups is 1. The first-order valence-electron chi connectivity index (χ1n) is 8.43. The largest absolute Gasteiger partial charge is 0.497 e. The van der Waals surface area contributed by atoms with Gasteiger partial charge in [-0.15, -0.1) is 0 Å². The molecule has 1 aliphatic rings. The number of ether oxygens (including phenoxy) is 1. The Morgan fingerprint density at radius 2 is 1.96 bits per heavy atom. The van der Waals surface area contributed by atoms with Crippen LogP contribution in [0.3, 0.4) is 0 Å². The molecule has 0 aromatic heterocycles. The Balaban J connectivity index is 1.96. The van der Waals surface area contributed by atoms with E-state index >= 15 is 0 Å². The van der Waals surface area contributed by atoms with Gasteiger partial charge < -0.3 is 15.4 Å². The maximum Gasteiger partial charge on any atom is 0.325 e. The lowest BCUT2D eigenvalue weighted by atomic mass is 9.93. The van der Waals surface area contributed by atoms with Gasteiger partial charge in [0.1, 0.15) is 17.8 Å². The van der Waals surface area contributed by atoms with Gasteiger partial charge in [0.2, 0.25) is 5.91 Å². The predicted octanol–water partition coefficient (Wildman–Crippen LogP) is 1.46. The topological polar surface area (TPSA) is 87.7 Å². The van der Waals surface area contributed by atoms with E-state index in [2.05, 4.69) is 10.6 Å². The van der Waals surface area contributed by atoms with Gasteiger partial charge in [-0.2, -0.15) is 0 Å². The van der Waals surface area contributed by atoms with E-state index in [1.54, 1.807) is 14.0 Å². The van der Waals surface area contributed by atoms with Crippen molar-refractivity contribution >= 4 is 17.8 Å². The van der Waals surface area contributed by atoms with Crippen LogP contribution >= 0.6 is 0 Å². The molecular formula is C18H25N3O4. The molecule has 7 heteroatoms. The minimum atomic E-state index is -0.998. The number of imide groups is 1. The molecule has 2 N–H and O–H groups in total. The Kier molecular flexibility index (Phi) is 6.01. The number of benzene rings is 1. The number of aryl methyl sites for hydroxylation is 1. The molecule has 4 amide bonds. The van der Waals surface area contributed by atoms with Crippen molar-refractivity contribution in [2.45, 2.75) is 38.6 Å². The summed E-state index contributed by atoms with van der Waals surface area (Å²) in [5, 5.41) is 5.39. The first kappa shape index (κ1) is 18.8. The standard InChI is InChI=1S/C18H25N3O4/c1-4-11-19-15(22)12-21-16(23)18(2,20-17(21)24)10-9-13-5-7-14(25-3)8-6-13/h5-8H,4,9-12H2,1-3H3,(H,19,22)(H,20,24)/t18-/m1/s1. The van der Waals surface area contributed by atoms with E-state index in [0.29, 0.717) is 19.4 Å².